The number of anilines is 1. The fraction of sp³-hybridized carbons (Fsp3) is 0.455. The highest BCUT2D eigenvalue weighted by molar-refractivity contribution is 5.65. The number of nitrogen functional groups attached to an aromatic ring is 1. The largest absolute Gasteiger partial charge is 0.393 e. The average Bonchev–Trinajstić information content (AvgIpc) is 2.40. The highest BCUT2D eigenvalue weighted by atomic mass is 16.6. The van der Waals surface area contributed by atoms with Gasteiger partial charge in [0.2, 0.25) is 0 Å². The highest BCUT2D eigenvalue weighted by Crippen LogP contribution is 2.31. The van der Waals surface area contributed by atoms with Gasteiger partial charge in [0.15, 0.2) is 0 Å². The number of hydrogen-bond donors (Lipinski definition) is 1. The Morgan fingerprint density at radius 1 is 1.38 bits per heavy atom. The van der Waals surface area contributed by atoms with Gasteiger partial charge in [0.25, 0.3) is 5.69 Å². The molecule has 0 bridgehead atoms. The van der Waals surface area contributed by atoms with Gasteiger partial charge in [-0.1, -0.05) is 6.07 Å². The maximum atomic E-state index is 11.0. The summed E-state index contributed by atoms with van der Waals surface area (Å²) in [7, 11) is 2.03. The molecular weight excluding hydrogens is 206 g/mol. The molecule has 1 aliphatic heterocycles. The third-order valence-corrected chi connectivity index (χ3v) is 3.10. The Bertz CT molecular complexity index is 431. The van der Waals surface area contributed by atoms with E-state index in [1.807, 2.05) is 13.1 Å². The van der Waals surface area contributed by atoms with Crippen molar-refractivity contribution in [2.75, 3.05) is 25.9 Å². The summed E-state index contributed by atoms with van der Waals surface area (Å²) in [6, 6.07) is 3.55. The van der Waals surface area contributed by atoms with Gasteiger partial charge >= 0.3 is 0 Å². The van der Waals surface area contributed by atoms with Crippen LogP contribution in [-0.2, 0) is 12.8 Å². The zero-order valence-corrected chi connectivity index (χ0v) is 9.27. The van der Waals surface area contributed by atoms with Crippen LogP contribution in [0, 0.1) is 10.1 Å². The predicted octanol–water partition coefficient (Wildman–Crippen LogP) is 1.21. The van der Waals surface area contributed by atoms with Crippen LogP contribution in [0.3, 0.4) is 0 Å². The van der Waals surface area contributed by atoms with Crippen molar-refractivity contribution in [3.8, 4) is 0 Å². The molecule has 0 saturated carbocycles. The molecule has 0 radical (unpaired) electrons. The van der Waals surface area contributed by atoms with Gasteiger partial charge in [-0.15, -0.1) is 0 Å². The number of nitrogens with zero attached hydrogens (tertiary/aromatic N) is 2. The van der Waals surface area contributed by atoms with Crippen LogP contribution >= 0.6 is 0 Å². The average molecular weight is 221 g/mol. The predicted molar refractivity (Wildman–Crippen MR) is 62.4 cm³/mol. The number of nitro benzene ring substituents is 1. The van der Waals surface area contributed by atoms with E-state index >= 15 is 0 Å². The molecule has 16 heavy (non-hydrogen) atoms. The SMILES string of the molecule is CN1CCc2ccc(N)c([N+](=O)[O-])c2CC1. The Balaban J connectivity index is 2.51. The topological polar surface area (TPSA) is 72.4 Å². The van der Waals surface area contributed by atoms with Gasteiger partial charge < -0.3 is 10.6 Å². The normalized spacial score (nSPS) is 16.6. The number of fused-ring (bicyclic) bond motifs is 1. The van der Waals surface area contributed by atoms with E-state index in [9.17, 15) is 10.1 Å². The van der Waals surface area contributed by atoms with Gasteiger partial charge in [-0.05, 0) is 31.5 Å². The van der Waals surface area contributed by atoms with Crippen LogP contribution in [0.25, 0.3) is 0 Å². The molecule has 0 unspecified atom stereocenters. The summed E-state index contributed by atoms with van der Waals surface area (Å²) >= 11 is 0. The summed E-state index contributed by atoms with van der Waals surface area (Å²) in [4.78, 5) is 12.8. The number of rotatable bonds is 1. The molecule has 5 nitrogen and oxygen atoms in total. The quantitative estimate of drug-likeness (QED) is 0.439. The Kier molecular flexibility index (Phi) is 2.78. The van der Waals surface area contributed by atoms with Crippen molar-refractivity contribution in [2.24, 2.45) is 0 Å². The summed E-state index contributed by atoms with van der Waals surface area (Å²) < 4.78 is 0. The maximum absolute atomic E-state index is 11.0. The fourth-order valence-electron chi connectivity index (χ4n) is 2.15. The first-order valence-electron chi connectivity index (χ1n) is 5.32. The van der Waals surface area contributed by atoms with E-state index < -0.39 is 0 Å². The Labute approximate surface area is 94.0 Å². The van der Waals surface area contributed by atoms with Crippen molar-refractivity contribution in [3.05, 3.63) is 33.4 Å². The summed E-state index contributed by atoms with van der Waals surface area (Å²) in [5.41, 5.74) is 7.93. The van der Waals surface area contributed by atoms with Gasteiger partial charge in [-0.25, -0.2) is 0 Å². The molecule has 5 heteroatoms. The van der Waals surface area contributed by atoms with Gasteiger partial charge in [-0.2, -0.15) is 0 Å². The fourth-order valence-corrected chi connectivity index (χ4v) is 2.15. The molecule has 2 N–H and O–H groups in total. The van der Waals surface area contributed by atoms with Crippen LogP contribution in [0.1, 0.15) is 11.1 Å². The second-order valence-electron chi connectivity index (χ2n) is 4.20. The van der Waals surface area contributed by atoms with Crippen LogP contribution in [-0.4, -0.2) is 30.0 Å². The first-order valence-corrected chi connectivity index (χ1v) is 5.32. The number of hydrogen-bond acceptors (Lipinski definition) is 4. The molecule has 86 valence electrons. The van der Waals surface area contributed by atoms with E-state index in [4.69, 9.17) is 5.73 Å². The van der Waals surface area contributed by atoms with E-state index in [1.165, 1.54) is 0 Å². The van der Waals surface area contributed by atoms with E-state index in [0.717, 1.165) is 30.6 Å². The summed E-state index contributed by atoms with van der Waals surface area (Å²) in [6.07, 6.45) is 1.56. The first kappa shape index (κ1) is 10.9. The monoisotopic (exact) mass is 221 g/mol. The molecule has 0 saturated heterocycles. The molecule has 1 aromatic carbocycles. The van der Waals surface area contributed by atoms with Crippen molar-refractivity contribution in [1.29, 1.82) is 0 Å². The lowest BCUT2D eigenvalue weighted by Gasteiger charge is -2.10. The van der Waals surface area contributed by atoms with Crippen molar-refractivity contribution < 1.29 is 4.92 Å². The van der Waals surface area contributed by atoms with Crippen LogP contribution in [0.15, 0.2) is 12.1 Å². The molecule has 0 aliphatic carbocycles. The second kappa shape index (κ2) is 4.09. The standard InChI is InChI=1S/C11H15N3O2/c1-13-6-4-8-2-3-10(12)11(14(15)16)9(8)5-7-13/h2-3H,4-7,12H2,1H3. The number of benzene rings is 1. The van der Waals surface area contributed by atoms with Crippen LogP contribution in [0.2, 0.25) is 0 Å². The molecule has 0 atom stereocenters. The van der Waals surface area contributed by atoms with E-state index in [1.54, 1.807) is 6.07 Å². The third kappa shape index (κ3) is 1.86. The summed E-state index contributed by atoms with van der Waals surface area (Å²) in [6.45, 7) is 1.78. The number of nitrogens with two attached hydrogens (primary N) is 1. The van der Waals surface area contributed by atoms with Crippen LogP contribution in [0.4, 0.5) is 11.4 Å². The van der Waals surface area contributed by atoms with E-state index in [0.29, 0.717) is 6.42 Å². The first-order chi connectivity index (χ1) is 7.59. The zero-order chi connectivity index (χ0) is 11.7. The van der Waals surface area contributed by atoms with Gasteiger partial charge in [-0.3, -0.25) is 10.1 Å². The van der Waals surface area contributed by atoms with Crippen molar-refractivity contribution >= 4 is 11.4 Å². The van der Waals surface area contributed by atoms with E-state index in [-0.39, 0.29) is 16.3 Å². The molecule has 1 aliphatic rings. The lowest BCUT2D eigenvalue weighted by Crippen LogP contribution is -2.20. The summed E-state index contributed by atoms with van der Waals surface area (Å²) in [5, 5.41) is 11.0. The number of likely N-dealkylation sites (N-methyl/N-ethyl adjacent to an activating group) is 1. The van der Waals surface area contributed by atoms with E-state index in [2.05, 4.69) is 4.90 Å². The van der Waals surface area contributed by atoms with Crippen molar-refractivity contribution in [2.45, 2.75) is 12.8 Å². The molecule has 1 aromatic rings. The number of nitro groups is 1. The van der Waals surface area contributed by atoms with Crippen molar-refractivity contribution in [1.82, 2.24) is 4.90 Å². The minimum absolute atomic E-state index is 0.104. The van der Waals surface area contributed by atoms with Gasteiger partial charge in [0.05, 0.1) is 4.92 Å². The van der Waals surface area contributed by atoms with Gasteiger partial charge in [0.1, 0.15) is 5.69 Å². The Morgan fingerprint density at radius 2 is 2.06 bits per heavy atom. The molecule has 0 amide bonds. The Hall–Kier alpha value is -1.62. The molecule has 0 spiro atoms. The maximum Gasteiger partial charge on any atom is 0.295 e. The second-order valence-corrected chi connectivity index (χ2v) is 4.20. The molecule has 0 aromatic heterocycles. The highest BCUT2D eigenvalue weighted by Gasteiger charge is 2.23. The third-order valence-electron chi connectivity index (χ3n) is 3.10. The van der Waals surface area contributed by atoms with Crippen LogP contribution in [0.5, 0.6) is 0 Å². The lowest BCUT2D eigenvalue weighted by atomic mass is 10.00. The smallest absolute Gasteiger partial charge is 0.295 e. The minimum Gasteiger partial charge on any atom is -0.393 e. The molecule has 0 fully saturated rings. The van der Waals surface area contributed by atoms with Crippen LogP contribution < -0.4 is 5.73 Å². The minimum atomic E-state index is -0.362. The summed E-state index contributed by atoms with van der Waals surface area (Å²) in [5.74, 6) is 0. The lowest BCUT2D eigenvalue weighted by molar-refractivity contribution is -0.384. The molecule has 1 heterocycles. The zero-order valence-electron chi connectivity index (χ0n) is 9.27. The molecule has 2 rings (SSSR count). The van der Waals surface area contributed by atoms with Crippen molar-refractivity contribution in [3.63, 3.8) is 0 Å². The van der Waals surface area contributed by atoms with Gasteiger partial charge in [0, 0.05) is 18.7 Å². The molecular formula is C11H15N3O2. The Morgan fingerprint density at radius 3 is 2.75 bits per heavy atom.